The second kappa shape index (κ2) is 6.66. The van der Waals surface area contributed by atoms with Crippen molar-refractivity contribution >= 4 is 23.0 Å². The fourth-order valence-corrected chi connectivity index (χ4v) is 2.15. The van der Waals surface area contributed by atoms with Gasteiger partial charge in [-0.25, -0.2) is 4.98 Å². The molecule has 0 amide bonds. The first-order valence-electron chi connectivity index (χ1n) is 5.96. The minimum Gasteiger partial charge on any atom is -0.389 e. The molecule has 0 aromatic carbocycles. The molecule has 0 spiro atoms. The van der Waals surface area contributed by atoms with Crippen LogP contribution in [0, 0.1) is 19.8 Å². The van der Waals surface area contributed by atoms with Crippen LogP contribution in [-0.2, 0) is 4.74 Å². The Hall–Kier alpha value is -1.20. The standard InChI is InChI=1S/C13H21N3OS/c1-8(7-17-4)6-15-13-11(12(14)18)9(2)5-10(3)16-13/h5,8H,6-7H2,1-4H3,(H2,14,18)(H,15,16). The van der Waals surface area contributed by atoms with E-state index in [-0.39, 0.29) is 0 Å². The Morgan fingerprint density at radius 3 is 2.78 bits per heavy atom. The summed E-state index contributed by atoms with van der Waals surface area (Å²) in [5.41, 5.74) is 8.60. The molecule has 0 fully saturated rings. The van der Waals surface area contributed by atoms with Crippen LogP contribution >= 0.6 is 12.2 Å². The fourth-order valence-electron chi connectivity index (χ4n) is 1.89. The van der Waals surface area contributed by atoms with Gasteiger partial charge in [0.1, 0.15) is 10.8 Å². The van der Waals surface area contributed by atoms with E-state index in [4.69, 9.17) is 22.7 Å². The van der Waals surface area contributed by atoms with Crippen LogP contribution < -0.4 is 11.1 Å². The van der Waals surface area contributed by atoms with Crippen molar-refractivity contribution in [2.24, 2.45) is 11.7 Å². The molecule has 0 aliphatic rings. The van der Waals surface area contributed by atoms with Crippen LogP contribution in [0.4, 0.5) is 5.82 Å². The zero-order valence-electron chi connectivity index (χ0n) is 11.4. The first kappa shape index (κ1) is 14.9. The van der Waals surface area contributed by atoms with E-state index in [1.807, 2.05) is 19.9 Å². The summed E-state index contributed by atoms with van der Waals surface area (Å²) < 4.78 is 5.11. The summed E-state index contributed by atoms with van der Waals surface area (Å²) >= 11 is 5.08. The summed E-state index contributed by atoms with van der Waals surface area (Å²) in [6.45, 7) is 7.55. The van der Waals surface area contributed by atoms with Crippen molar-refractivity contribution in [2.75, 3.05) is 25.6 Å². The highest BCUT2D eigenvalue weighted by Gasteiger charge is 2.12. The third kappa shape index (κ3) is 3.92. The minimum atomic E-state index is 0.377. The van der Waals surface area contributed by atoms with Gasteiger partial charge in [-0.2, -0.15) is 0 Å². The largest absolute Gasteiger partial charge is 0.389 e. The molecule has 1 rings (SSSR count). The maximum absolute atomic E-state index is 5.76. The molecule has 0 saturated carbocycles. The average Bonchev–Trinajstić information content (AvgIpc) is 2.25. The normalized spacial score (nSPS) is 12.2. The molecular formula is C13H21N3OS. The molecule has 1 heterocycles. The van der Waals surface area contributed by atoms with Crippen molar-refractivity contribution in [1.29, 1.82) is 0 Å². The van der Waals surface area contributed by atoms with Gasteiger partial charge in [0, 0.05) is 19.3 Å². The van der Waals surface area contributed by atoms with Crippen LogP contribution in [-0.4, -0.2) is 30.2 Å². The van der Waals surface area contributed by atoms with Crippen molar-refractivity contribution in [1.82, 2.24) is 4.98 Å². The average molecular weight is 267 g/mol. The Morgan fingerprint density at radius 2 is 2.22 bits per heavy atom. The maximum atomic E-state index is 5.76. The fraction of sp³-hybridized carbons (Fsp3) is 0.538. The predicted molar refractivity (Wildman–Crippen MR) is 79.1 cm³/mol. The van der Waals surface area contributed by atoms with Gasteiger partial charge >= 0.3 is 0 Å². The third-order valence-electron chi connectivity index (χ3n) is 2.66. The monoisotopic (exact) mass is 267 g/mol. The molecular weight excluding hydrogens is 246 g/mol. The number of ether oxygens (including phenoxy) is 1. The molecule has 1 atom stereocenters. The number of nitrogens with zero attached hydrogens (tertiary/aromatic N) is 1. The number of thiocarbonyl (C=S) groups is 1. The summed E-state index contributed by atoms with van der Waals surface area (Å²) in [4.78, 5) is 4.84. The number of anilines is 1. The summed E-state index contributed by atoms with van der Waals surface area (Å²) in [6.07, 6.45) is 0. The Morgan fingerprint density at radius 1 is 1.56 bits per heavy atom. The lowest BCUT2D eigenvalue weighted by molar-refractivity contribution is 0.164. The van der Waals surface area contributed by atoms with Crippen molar-refractivity contribution in [2.45, 2.75) is 20.8 Å². The first-order chi connectivity index (χ1) is 8.45. The van der Waals surface area contributed by atoms with Crippen LogP contribution in [0.25, 0.3) is 0 Å². The minimum absolute atomic E-state index is 0.377. The van der Waals surface area contributed by atoms with E-state index < -0.39 is 0 Å². The van der Waals surface area contributed by atoms with Gasteiger partial charge in [-0.15, -0.1) is 0 Å². The zero-order chi connectivity index (χ0) is 13.7. The van der Waals surface area contributed by atoms with E-state index in [9.17, 15) is 0 Å². The SMILES string of the molecule is COCC(C)CNc1nc(C)cc(C)c1C(N)=S. The molecule has 0 bridgehead atoms. The van der Waals surface area contributed by atoms with Crippen molar-refractivity contribution in [3.05, 3.63) is 22.9 Å². The second-order valence-corrected chi connectivity index (χ2v) is 5.05. The van der Waals surface area contributed by atoms with E-state index in [1.165, 1.54) is 0 Å². The lowest BCUT2D eigenvalue weighted by Gasteiger charge is -2.16. The van der Waals surface area contributed by atoms with Crippen LogP contribution in [0.2, 0.25) is 0 Å². The van der Waals surface area contributed by atoms with Gasteiger partial charge < -0.3 is 15.8 Å². The van der Waals surface area contributed by atoms with Crippen LogP contribution in [0.1, 0.15) is 23.7 Å². The summed E-state index contributed by atoms with van der Waals surface area (Å²) in [5, 5.41) is 3.30. The van der Waals surface area contributed by atoms with E-state index in [0.717, 1.165) is 29.2 Å². The number of methoxy groups -OCH3 is 1. The molecule has 0 saturated heterocycles. The highest BCUT2D eigenvalue weighted by molar-refractivity contribution is 7.80. The molecule has 5 heteroatoms. The number of pyridine rings is 1. The highest BCUT2D eigenvalue weighted by Crippen LogP contribution is 2.19. The number of nitrogens with one attached hydrogen (secondary N) is 1. The van der Waals surface area contributed by atoms with Crippen LogP contribution in [0.15, 0.2) is 6.07 Å². The van der Waals surface area contributed by atoms with Crippen molar-refractivity contribution < 1.29 is 4.74 Å². The topological polar surface area (TPSA) is 60.2 Å². The van der Waals surface area contributed by atoms with Gasteiger partial charge in [-0.3, -0.25) is 0 Å². The Balaban J connectivity index is 2.90. The zero-order valence-corrected chi connectivity index (χ0v) is 12.2. The smallest absolute Gasteiger partial charge is 0.136 e. The summed E-state index contributed by atoms with van der Waals surface area (Å²) in [5.74, 6) is 1.17. The van der Waals surface area contributed by atoms with Crippen LogP contribution in [0.3, 0.4) is 0 Å². The summed E-state index contributed by atoms with van der Waals surface area (Å²) in [7, 11) is 1.70. The Labute approximate surface area is 114 Å². The molecule has 1 aromatic heterocycles. The lowest BCUT2D eigenvalue weighted by Crippen LogP contribution is -2.21. The van der Waals surface area contributed by atoms with E-state index >= 15 is 0 Å². The molecule has 0 radical (unpaired) electrons. The third-order valence-corrected chi connectivity index (χ3v) is 2.86. The van der Waals surface area contributed by atoms with Gasteiger partial charge in [0.15, 0.2) is 0 Å². The van der Waals surface area contributed by atoms with E-state index in [0.29, 0.717) is 17.5 Å². The summed E-state index contributed by atoms with van der Waals surface area (Å²) in [6, 6.07) is 1.98. The number of hydrogen-bond acceptors (Lipinski definition) is 4. The highest BCUT2D eigenvalue weighted by atomic mass is 32.1. The van der Waals surface area contributed by atoms with E-state index in [2.05, 4.69) is 17.2 Å². The predicted octanol–water partition coefficient (Wildman–Crippen LogP) is 2.03. The molecule has 100 valence electrons. The van der Waals surface area contributed by atoms with Gasteiger partial charge in [0.2, 0.25) is 0 Å². The molecule has 0 aliphatic heterocycles. The molecule has 4 nitrogen and oxygen atoms in total. The van der Waals surface area contributed by atoms with E-state index in [1.54, 1.807) is 7.11 Å². The van der Waals surface area contributed by atoms with Gasteiger partial charge in [0.05, 0.1) is 12.2 Å². The molecule has 18 heavy (non-hydrogen) atoms. The van der Waals surface area contributed by atoms with Gasteiger partial charge in [-0.1, -0.05) is 19.1 Å². The molecule has 1 aromatic rings. The van der Waals surface area contributed by atoms with Crippen molar-refractivity contribution in [3.63, 3.8) is 0 Å². The number of aryl methyl sites for hydroxylation is 2. The number of nitrogens with two attached hydrogens (primary N) is 1. The first-order valence-corrected chi connectivity index (χ1v) is 6.37. The molecule has 0 aliphatic carbocycles. The van der Waals surface area contributed by atoms with Gasteiger partial charge in [-0.05, 0) is 31.4 Å². The Kier molecular flexibility index (Phi) is 5.50. The lowest BCUT2D eigenvalue weighted by atomic mass is 10.1. The Bertz CT molecular complexity index is 434. The van der Waals surface area contributed by atoms with Crippen molar-refractivity contribution in [3.8, 4) is 0 Å². The number of rotatable bonds is 6. The maximum Gasteiger partial charge on any atom is 0.136 e. The molecule has 3 N–H and O–H groups in total. The molecule has 1 unspecified atom stereocenters. The quantitative estimate of drug-likeness (QED) is 0.772. The second-order valence-electron chi connectivity index (χ2n) is 4.61. The number of hydrogen-bond donors (Lipinski definition) is 2. The number of aromatic nitrogens is 1. The van der Waals surface area contributed by atoms with Gasteiger partial charge in [0.25, 0.3) is 0 Å². The van der Waals surface area contributed by atoms with Crippen LogP contribution in [0.5, 0.6) is 0 Å².